The monoisotopic (exact) mass is 911 g/mol. The summed E-state index contributed by atoms with van der Waals surface area (Å²) in [5, 5.41) is 4.86. The Morgan fingerprint density at radius 2 is 0.901 bits per heavy atom. The molecule has 0 unspecified atom stereocenters. The molecule has 71 heavy (non-hydrogen) atoms. The first-order chi connectivity index (χ1) is 34.9. The van der Waals surface area contributed by atoms with E-state index < -0.39 is 0 Å². The summed E-state index contributed by atoms with van der Waals surface area (Å²) in [6, 6.07) is 75.0. The van der Waals surface area contributed by atoms with E-state index in [1.807, 2.05) is 38.1 Å². The van der Waals surface area contributed by atoms with Crippen LogP contribution in [0.3, 0.4) is 0 Å². The summed E-state index contributed by atoms with van der Waals surface area (Å²) in [6.45, 7) is 8.76. The highest BCUT2D eigenvalue weighted by Crippen LogP contribution is 2.51. The van der Waals surface area contributed by atoms with Crippen molar-refractivity contribution in [1.82, 2.24) is 24.1 Å². The van der Waals surface area contributed by atoms with Crippen molar-refractivity contribution in [1.29, 1.82) is 0 Å². The lowest BCUT2D eigenvalue weighted by Crippen LogP contribution is -2.14. The van der Waals surface area contributed by atoms with E-state index in [2.05, 4.69) is 223 Å². The average Bonchev–Trinajstić information content (AvgIpc) is 4.01. The third-order valence-corrected chi connectivity index (χ3v) is 14.6. The van der Waals surface area contributed by atoms with Crippen molar-refractivity contribution >= 4 is 49.2 Å². The summed E-state index contributed by atoms with van der Waals surface area (Å²) in [6.07, 6.45) is 6.13. The quantitative estimate of drug-likeness (QED) is 0.143. The Hall–Kier alpha value is -8.93. The summed E-state index contributed by atoms with van der Waals surface area (Å²) in [5.74, 6) is 1.90. The minimum absolute atomic E-state index is 0.171. The smallest absolute Gasteiger partial charge is 0.164 e. The van der Waals surface area contributed by atoms with Gasteiger partial charge in [-0.2, -0.15) is 0 Å². The zero-order chi connectivity index (χ0) is 47.8. The Bertz CT molecular complexity index is 4140. The second kappa shape index (κ2) is 16.6. The highest BCUT2D eigenvalue weighted by atomic mass is 15.0. The summed E-state index contributed by atoms with van der Waals surface area (Å²) in [4.78, 5) is 15.2. The molecule has 5 nitrogen and oxygen atoms in total. The highest BCUT2D eigenvalue weighted by Gasteiger charge is 2.36. The van der Waals surface area contributed by atoms with Gasteiger partial charge in [-0.15, -0.1) is 0 Å². The summed E-state index contributed by atoms with van der Waals surface area (Å²) >= 11 is 0. The normalized spacial score (nSPS) is 13.2. The van der Waals surface area contributed by atoms with Gasteiger partial charge in [-0.25, -0.2) is 15.0 Å². The Balaban J connectivity index is 1.02. The molecule has 9 aromatic carbocycles. The van der Waals surface area contributed by atoms with Crippen molar-refractivity contribution in [3.05, 3.63) is 241 Å². The first kappa shape index (κ1) is 42.2. The van der Waals surface area contributed by atoms with Crippen LogP contribution < -0.4 is 0 Å². The highest BCUT2D eigenvalue weighted by molar-refractivity contribution is 6.14. The molecule has 12 aromatic rings. The Kier molecular flexibility index (Phi) is 9.89. The van der Waals surface area contributed by atoms with Gasteiger partial charge in [0, 0.05) is 55.0 Å². The van der Waals surface area contributed by atoms with E-state index in [4.69, 9.17) is 15.0 Å². The number of hydrogen-bond acceptors (Lipinski definition) is 3. The SMILES string of the molecule is C/C=C\C(=C/C)c1nc(-c2ccccc2)nc(-c2cccc(-n3c4ccc(-c5ccc6c(c5)c5cc(-c7ccccc7)ccc5n6-c5ccccc5)cc4c4cc5c(cc43)C(C)(C)c3ccccc3-5)c2)n1. The lowest BCUT2D eigenvalue weighted by Gasteiger charge is -2.21. The minimum atomic E-state index is -0.171. The number of nitrogens with zero attached hydrogens (tertiary/aromatic N) is 5. The van der Waals surface area contributed by atoms with Crippen LogP contribution in [0.4, 0.5) is 0 Å². The van der Waals surface area contributed by atoms with Crippen LogP contribution in [0.1, 0.15) is 44.6 Å². The van der Waals surface area contributed by atoms with Gasteiger partial charge in [-0.1, -0.05) is 166 Å². The number of benzene rings is 9. The number of fused-ring (bicyclic) bond motifs is 9. The van der Waals surface area contributed by atoms with Crippen LogP contribution in [0, 0.1) is 0 Å². The molecule has 5 heteroatoms. The molecule has 0 aliphatic heterocycles. The Morgan fingerprint density at radius 1 is 0.394 bits per heavy atom. The maximum Gasteiger partial charge on any atom is 0.164 e. The van der Waals surface area contributed by atoms with Crippen LogP contribution in [-0.2, 0) is 5.41 Å². The van der Waals surface area contributed by atoms with Crippen LogP contribution in [0.5, 0.6) is 0 Å². The van der Waals surface area contributed by atoms with Crippen molar-refractivity contribution in [2.24, 2.45) is 0 Å². The first-order valence-electron chi connectivity index (χ1n) is 24.5. The van der Waals surface area contributed by atoms with E-state index in [0.29, 0.717) is 17.5 Å². The predicted octanol–water partition coefficient (Wildman–Crippen LogP) is 17.0. The standard InChI is InChI=1S/C66H49N5/c1-5-19-42(6-2)63-67-64(44-22-12-8-13-23-44)69-65(68-63)48-24-18-27-50(36-48)71-61-35-32-47(39-55(61)56-40-52-51-28-16-17-29-57(51)66(3,4)58(52)41-62(56)71)46-31-34-60-54(38-46)53-37-45(43-20-10-7-11-21-43)30-33-59(53)70(60)49-25-14-9-15-26-49/h5-41H,1-4H3/b19-5-,42-6+. The van der Waals surface area contributed by atoms with E-state index in [1.54, 1.807) is 0 Å². The molecular formula is C66H49N5. The number of hydrogen-bond donors (Lipinski definition) is 0. The van der Waals surface area contributed by atoms with Crippen LogP contribution in [0.2, 0.25) is 0 Å². The van der Waals surface area contributed by atoms with Crippen LogP contribution in [0.15, 0.2) is 224 Å². The fourth-order valence-corrected chi connectivity index (χ4v) is 11.2. The minimum Gasteiger partial charge on any atom is -0.309 e. The van der Waals surface area contributed by atoms with Crippen LogP contribution in [0.25, 0.3) is 117 Å². The molecule has 0 amide bonds. The summed E-state index contributed by atoms with van der Waals surface area (Å²) < 4.78 is 4.84. The zero-order valence-electron chi connectivity index (χ0n) is 40.1. The Labute approximate surface area is 413 Å². The second-order valence-electron chi connectivity index (χ2n) is 19.1. The zero-order valence-corrected chi connectivity index (χ0v) is 40.1. The fourth-order valence-electron chi connectivity index (χ4n) is 11.2. The van der Waals surface area contributed by atoms with Gasteiger partial charge < -0.3 is 9.13 Å². The van der Waals surface area contributed by atoms with E-state index >= 15 is 0 Å². The van der Waals surface area contributed by atoms with E-state index in [9.17, 15) is 0 Å². The van der Waals surface area contributed by atoms with Gasteiger partial charge in [-0.05, 0) is 131 Å². The molecule has 0 saturated heterocycles. The molecule has 0 spiro atoms. The van der Waals surface area contributed by atoms with Crippen molar-refractivity contribution in [3.8, 4) is 67.5 Å². The van der Waals surface area contributed by atoms with Crippen molar-refractivity contribution in [3.63, 3.8) is 0 Å². The van der Waals surface area contributed by atoms with Gasteiger partial charge in [0.05, 0.1) is 22.1 Å². The molecule has 0 saturated carbocycles. The van der Waals surface area contributed by atoms with E-state index in [0.717, 1.165) is 39.1 Å². The molecule has 0 radical (unpaired) electrons. The molecule has 3 heterocycles. The van der Waals surface area contributed by atoms with Crippen molar-refractivity contribution < 1.29 is 0 Å². The summed E-state index contributed by atoms with van der Waals surface area (Å²) in [5.41, 5.74) is 19.5. The molecule has 338 valence electrons. The maximum absolute atomic E-state index is 5.13. The van der Waals surface area contributed by atoms with Gasteiger partial charge in [0.15, 0.2) is 17.5 Å². The molecule has 0 bridgehead atoms. The van der Waals surface area contributed by atoms with Crippen LogP contribution >= 0.6 is 0 Å². The lowest BCUT2D eigenvalue weighted by atomic mass is 9.82. The third-order valence-electron chi connectivity index (χ3n) is 14.6. The van der Waals surface area contributed by atoms with Crippen LogP contribution in [-0.4, -0.2) is 24.1 Å². The first-order valence-corrected chi connectivity index (χ1v) is 24.5. The molecule has 1 aliphatic carbocycles. The predicted molar refractivity (Wildman–Crippen MR) is 296 cm³/mol. The lowest BCUT2D eigenvalue weighted by molar-refractivity contribution is 0.661. The van der Waals surface area contributed by atoms with Crippen molar-refractivity contribution in [2.75, 3.05) is 0 Å². The van der Waals surface area contributed by atoms with Crippen molar-refractivity contribution in [2.45, 2.75) is 33.1 Å². The number of rotatable bonds is 8. The fraction of sp³-hybridized carbons (Fsp3) is 0.0758. The number of para-hydroxylation sites is 1. The second-order valence-corrected chi connectivity index (χ2v) is 19.1. The number of allylic oxidation sites excluding steroid dienone is 4. The molecule has 3 aromatic heterocycles. The van der Waals surface area contributed by atoms with Gasteiger partial charge in [0.1, 0.15) is 0 Å². The largest absolute Gasteiger partial charge is 0.309 e. The number of aromatic nitrogens is 5. The maximum atomic E-state index is 5.13. The van der Waals surface area contributed by atoms with Gasteiger partial charge >= 0.3 is 0 Å². The molecule has 0 fully saturated rings. The van der Waals surface area contributed by atoms with E-state index in [1.165, 1.54) is 77.1 Å². The van der Waals surface area contributed by atoms with Gasteiger partial charge in [0.25, 0.3) is 0 Å². The molecule has 0 atom stereocenters. The van der Waals surface area contributed by atoms with E-state index in [-0.39, 0.29) is 5.41 Å². The van der Waals surface area contributed by atoms with Gasteiger partial charge in [-0.3, -0.25) is 0 Å². The molecule has 1 aliphatic rings. The van der Waals surface area contributed by atoms with Gasteiger partial charge in [0.2, 0.25) is 0 Å². The third kappa shape index (κ3) is 6.87. The molecular weight excluding hydrogens is 863 g/mol. The average molecular weight is 912 g/mol. The topological polar surface area (TPSA) is 48.5 Å². The molecule has 0 N–H and O–H groups in total. The summed E-state index contributed by atoms with van der Waals surface area (Å²) in [7, 11) is 0. The molecule has 13 rings (SSSR count). The Morgan fingerprint density at radius 3 is 1.52 bits per heavy atom.